The van der Waals surface area contributed by atoms with E-state index in [1.807, 2.05) is 6.92 Å². The van der Waals surface area contributed by atoms with Gasteiger partial charge in [-0.1, -0.05) is 29.8 Å². The highest BCUT2D eigenvalue weighted by Gasteiger charge is 2.25. The van der Waals surface area contributed by atoms with Crippen LogP contribution in [0.1, 0.15) is 34.3 Å². The number of amides is 1. The van der Waals surface area contributed by atoms with E-state index in [1.54, 1.807) is 36.4 Å². The summed E-state index contributed by atoms with van der Waals surface area (Å²) >= 11 is 6.07. The number of benzene rings is 3. The van der Waals surface area contributed by atoms with Crippen molar-refractivity contribution in [2.24, 2.45) is 0 Å². The molecule has 2 N–H and O–H groups in total. The number of carbonyl (C=O) groups is 1. The Morgan fingerprint density at radius 1 is 0.889 bits per heavy atom. The fourth-order valence-corrected chi connectivity index (χ4v) is 6.65. The lowest BCUT2D eigenvalue weighted by Gasteiger charge is -2.15. The molecule has 11 heteroatoms. The molecule has 0 unspecified atom stereocenters. The number of nitrogens with one attached hydrogen (secondary N) is 2. The Labute approximate surface area is 216 Å². The van der Waals surface area contributed by atoms with Gasteiger partial charge in [0.25, 0.3) is 15.9 Å². The summed E-state index contributed by atoms with van der Waals surface area (Å²) in [6.45, 7) is 2.93. The molecule has 0 atom stereocenters. The molecule has 36 heavy (non-hydrogen) atoms. The molecule has 0 radical (unpaired) electrons. The van der Waals surface area contributed by atoms with E-state index in [2.05, 4.69) is 10.0 Å². The molecular formula is C25H26ClN3O5S2. The fourth-order valence-electron chi connectivity index (χ4n) is 3.81. The third-order valence-corrected chi connectivity index (χ3v) is 9.52. The fraction of sp³-hybridized carbons (Fsp3) is 0.240. The van der Waals surface area contributed by atoms with Crippen molar-refractivity contribution >= 4 is 48.9 Å². The van der Waals surface area contributed by atoms with E-state index in [9.17, 15) is 21.6 Å². The van der Waals surface area contributed by atoms with E-state index < -0.39 is 26.0 Å². The van der Waals surface area contributed by atoms with Crippen molar-refractivity contribution in [1.82, 2.24) is 4.31 Å². The maximum atomic E-state index is 12.7. The van der Waals surface area contributed by atoms with Crippen LogP contribution in [0.5, 0.6) is 0 Å². The molecule has 3 aromatic rings. The van der Waals surface area contributed by atoms with Crippen molar-refractivity contribution in [3.8, 4) is 0 Å². The largest absolute Gasteiger partial charge is 0.322 e. The molecule has 4 rings (SSSR count). The van der Waals surface area contributed by atoms with Gasteiger partial charge in [0.15, 0.2) is 0 Å². The van der Waals surface area contributed by atoms with Crippen LogP contribution >= 0.6 is 11.6 Å². The van der Waals surface area contributed by atoms with Crippen LogP contribution in [-0.4, -0.2) is 40.1 Å². The van der Waals surface area contributed by atoms with Crippen LogP contribution in [0, 0.1) is 6.92 Å². The van der Waals surface area contributed by atoms with E-state index in [-0.39, 0.29) is 10.6 Å². The predicted octanol–water partition coefficient (Wildman–Crippen LogP) is 4.63. The van der Waals surface area contributed by atoms with E-state index >= 15 is 0 Å². The topological polar surface area (TPSA) is 113 Å². The van der Waals surface area contributed by atoms with Gasteiger partial charge in [-0.25, -0.2) is 21.1 Å². The summed E-state index contributed by atoms with van der Waals surface area (Å²) in [4.78, 5) is 12.6. The molecule has 1 fully saturated rings. The van der Waals surface area contributed by atoms with Crippen LogP contribution in [0.4, 0.5) is 11.4 Å². The molecule has 190 valence electrons. The highest BCUT2D eigenvalue weighted by molar-refractivity contribution is 7.92. The van der Waals surface area contributed by atoms with Crippen LogP contribution in [0.3, 0.4) is 0 Å². The number of halogens is 1. The molecule has 1 aliphatic heterocycles. The summed E-state index contributed by atoms with van der Waals surface area (Å²) in [6.07, 6.45) is 1.76. The van der Waals surface area contributed by atoms with Crippen LogP contribution < -0.4 is 10.0 Å². The standard InChI is InChI=1S/C25H26ClN3O5S2/c1-18-4-9-22(16-24(18)26)28-36(33,34)23-12-10-21(11-13-23)27-25(30)20-7-5-19(6-8-20)17-35(31,32)29-14-2-3-15-29/h4-13,16,28H,2-3,14-15,17H2,1H3,(H,27,30). The van der Waals surface area contributed by atoms with Crippen molar-refractivity contribution in [2.45, 2.75) is 30.4 Å². The Hall–Kier alpha value is -2.92. The van der Waals surface area contributed by atoms with Gasteiger partial charge in [0.2, 0.25) is 10.0 Å². The number of hydrogen-bond donors (Lipinski definition) is 2. The quantitative estimate of drug-likeness (QED) is 0.427. The number of sulfonamides is 2. The number of anilines is 2. The van der Waals surface area contributed by atoms with Crippen molar-refractivity contribution in [1.29, 1.82) is 0 Å². The van der Waals surface area contributed by atoms with Crippen molar-refractivity contribution in [3.05, 3.63) is 88.4 Å². The molecule has 0 bridgehead atoms. The second kappa shape index (κ2) is 10.6. The average Bonchev–Trinajstić information content (AvgIpc) is 3.38. The smallest absolute Gasteiger partial charge is 0.261 e. The Balaban J connectivity index is 1.38. The monoisotopic (exact) mass is 547 g/mol. The van der Waals surface area contributed by atoms with Gasteiger partial charge < -0.3 is 5.32 Å². The highest BCUT2D eigenvalue weighted by atomic mass is 35.5. The molecular weight excluding hydrogens is 522 g/mol. The minimum absolute atomic E-state index is 0.0285. The Kier molecular flexibility index (Phi) is 7.70. The van der Waals surface area contributed by atoms with Crippen LogP contribution in [0.25, 0.3) is 0 Å². The minimum Gasteiger partial charge on any atom is -0.322 e. The van der Waals surface area contributed by atoms with Gasteiger partial charge in [-0.15, -0.1) is 0 Å². The second-order valence-corrected chi connectivity index (χ2v) is 12.7. The van der Waals surface area contributed by atoms with Gasteiger partial charge in [-0.05, 0) is 79.4 Å². The molecule has 1 amide bonds. The maximum absolute atomic E-state index is 12.7. The van der Waals surface area contributed by atoms with E-state index in [1.165, 1.54) is 34.6 Å². The molecule has 0 aromatic heterocycles. The first-order chi connectivity index (χ1) is 17.0. The van der Waals surface area contributed by atoms with Crippen LogP contribution in [0.2, 0.25) is 5.02 Å². The van der Waals surface area contributed by atoms with Crippen LogP contribution in [0.15, 0.2) is 71.6 Å². The van der Waals surface area contributed by atoms with E-state index in [0.717, 1.165) is 18.4 Å². The number of rotatable bonds is 8. The van der Waals surface area contributed by atoms with Gasteiger partial charge in [-0.3, -0.25) is 9.52 Å². The predicted molar refractivity (Wildman–Crippen MR) is 141 cm³/mol. The third-order valence-electron chi connectivity index (χ3n) is 5.87. The summed E-state index contributed by atoms with van der Waals surface area (Å²) in [7, 11) is -7.20. The normalized spacial score (nSPS) is 14.5. The third kappa shape index (κ3) is 6.25. The van der Waals surface area contributed by atoms with Crippen molar-refractivity contribution in [2.75, 3.05) is 23.1 Å². The summed E-state index contributed by atoms with van der Waals surface area (Å²) in [6, 6.07) is 17.0. The zero-order valence-electron chi connectivity index (χ0n) is 19.6. The Morgan fingerprint density at radius 3 is 2.11 bits per heavy atom. The molecule has 1 heterocycles. The zero-order chi connectivity index (χ0) is 25.9. The summed E-state index contributed by atoms with van der Waals surface area (Å²) in [5.74, 6) is -0.500. The second-order valence-electron chi connectivity index (χ2n) is 8.61. The average molecular weight is 548 g/mol. The molecule has 0 aliphatic carbocycles. The highest BCUT2D eigenvalue weighted by Crippen LogP contribution is 2.24. The van der Waals surface area contributed by atoms with Crippen molar-refractivity contribution in [3.63, 3.8) is 0 Å². The van der Waals surface area contributed by atoms with Gasteiger partial charge in [0, 0.05) is 29.4 Å². The first-order valence-corrected chi connectivity index (χ1v) is 14.8. The number of carbonyl (C=O) groups excluding carboxylic acids is 1. The van der Waals surface area contributed by atoms with E-state index in [4.69, 9.17) is 11.6 Å². The molecule has 1 aliphatic rings. The minimum atomic E-state index is -3.84. The van der Waals surface area contributed by atoms with E-state index in [0.29, 0.717) is 40.6 Å². The van der Waals surface area contributed by atoms with Crippen LogP contribution in [-0.2, 0) is 25.8 Å². The molecule has 0 spiro atoms. The molecule has 3 aromatic carbocycles. The number of hydrogen-bond acceptors (Lipinski definition) is 5. The lowest BCUT2D eigenvalue weighted by atomic mass is 10.1. The zero-order valence-corrected chi connectivity index (χ0v) is 22.0. The molecule has 8 nitrogen and oxygen atoms in total. The summed E-state index contributed by atoms with van der Waals surface area (Å²) < 4.78 is 54.3. The SMILES string of the molecule is Cc1ccc(NS(=O)(=O)c2ccc(NC(=O)c3ccc(CS(=O)(=O)N4CCCC4)cc3)cc2)cc1Cl. The Bertz CT molecular complexity index is 1470. The first kappa shape index (κ1) is 26.2. The lowest BCUT2D eigenvalue weighted by molar-refractivity contribution is 0.102. The lowest BCUT2D eigenvalue weighted by Crippen LogP contribution is -2.29. The number of nitrogens with zero attached hydrogens (tertiary/aromatic N) is 1. The molecule has 1 saturated heterocycles. The van der Waals surface area contributed by atoms with Gasteiger partial charge in [0.1, 0.15) is 0 Å². The number of aryl methyl sites for hydroxylation is 1. The van der Waals surface area contributed by atoms with Gasteiger partial charge in [-0.2, -0.15) is 0 Å². The first-order valence-electron chi connectivity index (χ1n) is 11.3. The summed E-state index contributed by atoms with van der Waals surface area (Å²) in [5.41, 5.74) is 2.56. The Morgan fingerprint density at radius 2 is 1.50 bits per heavy atom. The molecule has 0 saturated carbocycles. The van der Waals surface area contributed by atoms with Crippen molar-refractivity contribution < 1.29 is 21.6 Å². The van der Waals surface area contributed by atoms with Gasteiger partial charge >= 0.3 is 0 Å². The van der Waals surface area contributed by atoms with Gasteiger partial charge in [0.05, 0.1) is 16.3 Å². The summed E-state index contributed by atoms with van der Waals surface area (Å²) in [5, 5.41) is 3.17. The maximum Gasteiger partial charge on any atom is 0.261 e.